The number of aromatic carboxylic acids is 1. The lowest BCUT2D eigenvalue weighted by atomic mass is 9.91. The van der Waals surface area contributed by atoms with Crippen molar-refractivity contribution < 1.29 is 28.9 Å². The van der Waals surface area contributed by atoms with Crippen LogP contribution >= 0.6 is 0 Å². The van der Waals surface area contributed by atoms with Gasteiger partial charge in [0, 0.05) is 12.1 Å². The molecule has 0 bridgehead atoms. The van der Waals surface area contributed by atoms with Crippen LogP contribution in [0.4, 0.5) is 10.6 Å². The van der Waals surface area contributed by atoms with Crippen molar-refractivity contribution in [1.82, 2.24) is 24.8 Å². The first-order valence-corrected chi connectivity index (χ1v) is 14.0. The molecule has 2 fully saturated rings. The molecule has 2 saturated heterocycles. The summed E-state index contributed by atoms with van der Waals surface area (Å²) in [5.41, 5.74) is 2.89. The van der Waals surface area contributed by atoms with Crippen molar-refractivity contribution in [3.8, 4) is 0 Å². The standard InChI is InChI=1S/C30H32N6O6/c1-3-31-30(39)35-25-22-26(33-15-32-25)36(16-34-22)27-24-23(41-29(42-24)18-9-5-4-6-10-18)21(40-27)14-17(2)13-19-11-7-8-12-20(19)28(37)38/h4-12,15-17,21,23-24,27,29H,3,13-14H2,1-2H3,(H,37,38)(H2,31,32,33,35,39)/t17?,21?,23?,24?,27?,29-/m0/s1. The summed E-state index contributed by atoms with van der Waals surface area (Å²) in [4.78, 5) is 37.1. The molecule has 6 atom stereocenters. The van der Waals surface area contributed by atoms with Gasteiger partial charge in [-0.3, -0.25) is 9.88 Å². The molecule has 12 nitrogen and oxygen atoms in total. The molecular formula is C30H32N6O6. The number of aromatic nitrogens is 4. The predicted octanol–water partition coefficient (Wildman–Crippen LogP) is 4.32. The summed E-state index contributed by atoms with van der Waals surface area (Å²) in [6, 6.07) is 16.4. The Kier molecular flexibility index (Phi) is 7.83. The molecule has 6 rings (SSSR count). The fourth-order valence-corrected chi connectivity index (χ4v) is 5.72. The van der Waals surface area contributed by atoms with Crippen LogP contribution in [0.25, 0.3) is 11.2 Å². The molecule has 0 radical (unpaired) electrons. The molecule has 0 spiro atoms. The smallest absolute Gasteiger partial charge is 0.335 e. The average molecular weight is 573 g/mol. The van der Waals surface area contributed by atoms with Crippen LogP contribution in [0.15, 0.2) is 67.3 Å². The van der Waals surface area contributed by atoms with E-state index in [1.807, 2.05) is 49.4 Å². The molecule has 5 unspecified atom stereocenters. The van der Waals surface area contributed by atoms with Crippen molar-refractivity contribution >= 4 is 29.0 Å². The largest absolute Gasteiger partial charge is 0.478 e. The maximum Gasteiger partial charge on any atom is 0.335 e. The van der Waals surface area contributed by atoms with E-state index in [-0.39, 0.29) is 30.0 Å². The fraction of sp³-hybridized carbons (Fsp3) is 0.367. The van der Waals surface area contributed by atoms with Gasteiger partial charge in [-0.05, 0) is 37.3 Å². The quantitative estimate of drug-likeness (QED) is 0.267. The molecule has 2 aliphatic heterocycles. The zero-order valence-electron chi connectivity index (χ0n) is 23.2. The van der Waals surface area contributed by atoms with Crippen molar-refractivity contribution in [3.63, 3.8) is 0 Å². The number of rotatable bonds is 9. The molecule has 4 heterocycles. The highest BCUT2D eigenvalue weighted by Crippen LogP contribution is 2.46. The summed E-state index contributed by atoms with van der Waals surface area (Å²) < 4.78 is 21.3. The number of anilines is 1. The van der Waals surface area contributed by atoms with Crippen LogP contribution < -0.4 is 10.6 Å². The number of nitrogens with zero attached hydrogens (tertiary/aromatic N) is 4. The number of benzene rings is 2. The lowest BCUT2D eigenvalue weighted by Gasteiger charge is -2.23. The Morgan fingerprint density at radius 1 is 1.00 bits per heavy atom. The lowest BCUT2D eigenvalue weighted by molar-refractivity contribution is -0.150. The van der Waals surface area contributed by atoms with E-state index in [2.05, 4.69) is 32.5 Å². The molecule has 2 aromatic carbocycles. The Hall–Kier alpha value is -4.39. The SMILES string of the molecule is CCNC(=O)Nc1ncnc2c1ncn2C1OC(CC(C)Cc2ccccc2C(=O)O)C2O[C@H](c3ccccc3)OC21. The van der Waals surface area contributed by atoms with E-state index in [0.717, 1.165) is 11.1 Å². The first-order valence-electron chi connectivity index (χ1n) is 14.0. The number of carbonyl (C=O) groups excluding carboxylic acids is 1. The number of carboxylic acid groups (broad SMARTS) is 1. The minimum atomic E-state index is -0.941. The minimum absolute atomic E-state index is 0.0870. The van der Waals surface area contributed by atoms with Crippen LogP contribution in [-0.2, 0) is 20.6 Å². The van der Waals surface area contributed by atoms with Gasteiger partial charge in [0.2, 0.25) is 0 Å². The van der Waals surface area contributed by atoms with E-state index >= 15 is 0 Å². The van der Waals surface area contributed by atoms with Gasteiger partial charge in [-0.25, -0.2) is 24.5 Å². The van der Waals surface area contributed by atoms with E-state index in [0.29, 0.717) is 36.1 Å². The fourth-order valence-electron chi connectivity index (χ4n) is 5.72. The summed E-state index contributed by atoms with van der Waals surface area (Å²) in [6.07, 6.45) is 1.79. The normalized spacial score (nSPS) is 23.9. The second-order valence-electron chi connectivity index (χ2n) is 10.5. The highest BCUT2D eigenvalue weighted by Gasteiger charge is 2.54. The average Bonchev–Trinajstić information content (AvgIpc) is 3.69. The number of ether oxygens (including phenoxy) is 3. The van der Waals surface area contributed by atoms with Crippen molar-refractivity contribution in [2.45, 2.75) is 57.5 Å². The number of fused-ring (bicyclic) bond motifs is 2. The molecule has 0 saturated carbocycles. The Morgan fingerprint density at radius 2 is 1.76 bits per heavy atom. The summed E-state index contributed by atoms with van der Waals surface area (Å²) in [6.45, 7) is 4.37. The molecule has 3 N–H and O–H groups in total. The van der Waals surface area contributed by atoms with Crippen LogP contribution in [0.3, 0.4) is 0 Å². The first-order chi connectivity index (χ1) is 20.4. The maximum atomic E-state index is 12.2. The topological polar surface area (TPSA) is 150 Å². The summed E-state index contributed by atoms with van der Waals surface area (Å²) in [5, 5.41) is 15.0. The highest BCUT2D eigenvalue weighted by molar-refractivity contribution is 5.95. The lowest BCUT2D eigenvalue weighted by Crippen LogP contribution is -2.30. The van der Waals surface area contributed by atoms with E-state index in [1.54, 1.807) is 23.0 Å². The second-order valence-corrected chi connectivity index (χ2v) is 10.5. The third-order valence-corrected chi connectivity index (χ3v) is 7.57. The molecule has 2 aromatic heterocycles. The number of carboxylic acids is 1. The van der Waals surface area contributed by atoms with Crippen molar-refractivity contribution in [3.05, 3.63) is 83.9 Å². The summed E-state index contributed by atoms with van der Waals surface area (Å²) >= 11 is 0. The number of nitrogens with one attached hydrogen (secondary N) is 2. The van der Waals surface area contributed by atoms with Gasteiger partial charge in [-0.1, -0.05) is 55.5 Å². The van der Waals surface area contributed by atoms with Crippen LogP contribution in [-0.4, -0.2) is 61.5 Å². The predicted molar refractivity (Wildman–Crippen MR) is 152 cm³/mol. The molecule has 218 valence electrons. The van der Waals surface area contributed by atoms with Crippen LogP contribution in [0, 0.1) is 5.92 Å². The van der Waals surface area contributed by atoms with E-state index < -0.39 is 24.6 Å². The van der Waals surface area contributed by atoms with Gasteiger partial charge >= 0.3 is 12.0 Å². The third-order valence-electron chi connectivity index (χ3n) is 7.57. The molecule has 12 heteroatoms. The van der Waals surface area contributed by atoms with Gasteiger partial charge < -0.3 is 24.6 Å². The van der Waals surface area contributed by atoms with Gasteiger partial charge in [0.25, 0.3) is 0 Å². The zero-order valence-corrected chi connectivity index (χ0v) is 23.2. The van der Waals surface area contributed by atoms with E-state index in [1.165, 1.54) is 6.33 Å². The number of urea groups is 1. The van der Waals surface area contributed by atoms with Crippen LogP contribution in [0.1, 0.15) is 54.3 Å². The monoisotopic (exact) mass is 572 g/mol. The van der Waals surface area contributed by atoms with E-state index in [4.69, 9.17) is 14.2 Å². The van der Waals surface area contributed by atoms with Gasteiger partial charge in [-0.2, -0.15) is 0 Å². The van der Waals surface area contributed by atoms with Crippen LogP contribution in [0.5, 0.6) is 0 Å². The van der Waals surface area contributed by atoms with Crippen LogP contribution in [0.2, 0.25) is 0 Å². The maximum absolute atomic E-state index is 12.2. The van der Waals surface area contributed by atoms with E-state index in [9.17, 15) is 14.7 Å². The number of imidazole rings is 1. The summed E-state index contributed by atoms with van der Waals surface area (Å²) in [7, 11) is 0. The van der Waals surface area contributed by atoms with Crippen molar-refractivity contribution in [2.75, 3.05) is 11.9 Å². The number of amides is 2. The molecule has 2 amide bonds. The Balaban J connectivity index is 1.28. The molecule has 4 aromatic rings. The molecule has 0 aliphatic carbocycles. The van der Waals surface area contributed by atoms with Crippen molar-refractivity contribution in [1.29, 1.82) is 0 Å². The number of carbonyl (C=O) groups is 2. The Bertz CT molecular complexity index is 1580. The number of hydrogen-bond donors (Lipinski definition) is 3. The third kappa shape index (κ3) is 5.43. The number of hydrogen-bond acceptors (Lipinski definition) is 8. The van der Waals surface area contributed by atoms with Gasteiger partial charge in [0.1, 0.15) is 18.5 Å². The van der Waals surface area contributed by atoms with Crippen molar-refractivity contribution in [2.24, 2.45) is 5.92 Å². The Labute approximate surface area is 242 Å². The molecule has 2 aliphatic rings. The van der Waals surface area contributed by atoms with Gasteiger partial charge in [0.05, 0.1) is 18.0 Å². The van der Waals surface area contributed by atoms with Gasteiger partial charge in [-0.15, -0.1) is 0 Å². The zero-order chi connectivity index (χ0) is 29.2. The Morgan fingerprint density at radius 3 is 2.55 bits per heavy atom. The summed E-state index contributed by atoms with van der Waals surface area (Å²) in [5.74, 6) is -0.570. The van der Waals surface area contributed by atoms with Gasteiger partial charge in [0.15, 0.2) is 29.5 Å². The molecular weight excluding hydrogens is 540 g/mol. The molecule has 42 heavy (non-hydrogen) atoms. The first kappa shape index (κ1) is 27.8. The highest BCUT2D eigenvalue weighted by atomic mass is 16.8. The minimum Gasteiger partial charge on any atom is -0.478 e. The second kappa shape index (κ2) is 11.8.